The minimum absolute atomic E-state index is 0.116. The van der Waals surface area contributed by atoms with Crippen LogP contribution in [0.2, 0.25) is 0 Å². The molecule has 1 aliphatic rings. The normalized spacial score (nSPS) is 16.2. The zero-order chi connectivity index (χ0) is 18.0. The number of ether oxygens (including phenoxy) is 1. The Balaban J connectivity index is 1.71. The molecule has 6 heteroatoms. The minimum Gasteiger partial charge on any atom is -0.485 e. The number of carbonyl (C=O) groups is 1. The van der Waals surface area contributed by atoms with E-state index < -0.39 is 11.6 Å². The lowest BCUT2D eigenvalue weighted by Crippen LogP contribution is -2.46. The van der Waals surface area contributed by atoms with Crippen LogP contribution in [0.1, 0.15) is 17.3 Å². The summed E-state index contributed by atoms with van der Waals surface area (Å²) in [5, 5.41) is 0. The van der Waals surface area contributed by atoms with Gasteiger partial charge in [-0.3, -0.25) is 4.79 Å². The highest BCUT2D eigenvalue weighted by Gasteiger charge is 2.27. The molecule has 0 aliphatic carbocycles. The zero-order valence-corrected chi connectivity index (χ0v) is 14.2. The molecule has 2 aromatic rings. The van der Waals surface area contributed by atoms with E-state index in [-0.39, 0.29) is 17.6 Å². The van der Waals surface area contributed by atoms with E-state index in [1.54, 1.807) is 7.05 Å². The molecule has 0 N–H and O–H groups in total. The average Bonchev–Trinajstić information content (AvgIpc) is 2.62. The molecule has 1 atom stereocenters. The van der Waals surface area contributed by atoms with Crippen LogP contribution in [0.25, 0.3) is 0 Å². The molecule has 1 amide bonds. The lowest BCUT2D eigenvalue weighted by Gasteiger charge is -2.37. The Morgan fingerprint density at radius 3 is 2.72 bits per heavy atom. The van der Waals surface area contributed by atoms with Crippen molar-refractivity contribution in [3.63, 3.8) is 0 Å². The summed E-state index contributed by atoms with van der Waals surface area (Å²) in [5.74, 6) is -1.58. The summed E-state index contributed by atoms with van der Waals surface area (Å²) in [7, 11) is 1.63. The molecule has 0 fully saturated rings. The molecule has 3 rings (SSSR count). The second kappa shape index (κ2) is 7.09. The molecule has 2 aromatic carbocycles. The van der Waals surface area contributed by atoms with E-state index >= 15 is 0 Å². The first-order valence-electron chi connectivity index (χ1n) is 8.20. The maximum absolute atomic E-state index is 13.3. The Morgan fingerprint density at radius 1 is 1.24 bits per heavy atom. The number of nitrogens with zero attached hydrogens (tertiary/aromatic N) is 2. The molecule has 0 saturated heterocycles. The van der Waals surface area contributed by atoms with Gasteiger partial charge in [0.05, 0.1) is 18.8 Å². The van der Waals surface area contributed by atoms with Crippen LogP contribution in [-0.4, -0.2) is 43.6 Å². The summed E-state index contributed by atoms with van der Waals surface area (Å²) in [6.07, 6.45) is -0.200. The first-order valence-corrected chi connectivity index (χ1v) is 8.20. The van der Waals surface area contributed by atoms with Crippen molar-refractivity contribution in [3.05, 3.63) is 59.7 Å². The van der Waals surface area contributed by atoms with Crippen molar-refractivity contribution < 1.29 is 18.3 Å². The maximum Gasteiger partial charge on any atom is 0.253 e. The van der Waals surface area contributed by atoms with Crippen molar-refractivity contribution in [3.8, 4) is 5.75 Å². The number of para-hydroxylation sites is 2. The van der Waals surface area contributed by atoms with Gasteiger partial charge in [0.2, 0.25) is 0 Å². The predicted octanol–water partition coefficient (Wildman–Crippen LogP) is 3.32. The van der Waals surface area contributed by atoms with Gasteiger partial charge < -0.3 is 14.5 Å². The number of anilines is 1. The number of amides is 1. The van der Waals surface area contributed by atoms with E-state index in [0.717, 1.165) is 30.1 Å². The topological polar surface area (TPSA) is 32.8 Å². The molecule has 0 spiro atoms. The molecule has 0 radical (unpaired) electrons. The molecule has 0 aromatic heterocycles. The number of halogens is 2. The molecule has 4 nitrogen and oxygen atoms in total. The first kappa shape index (κ1) is 17.2. The Kier molecular flexibility index (Phi) is 4.88. The van der Waals surface area contributed by atoms with Gasteiger partial charge >= 0.3 is 0 Å². The summed E-state index contributed by atoms with van der Waals surface area (Å²) < 4.78 is 32.4. The van der Waals surface area contributed by atoms with Gasteiger partial charge in [-0.05, 0) is 37.3 Å². The fourth-order valence-electron chi connectivity index (χ4n) is 3.01. The second-order valence-electron chi connectivity index (χ2n) is 6.06. The molecule has 1 unspecified atom stereocenters. The zero-order valence-electron chi connectivity index (χ0n) is 14.2. The Labute approximate surface area is 145 Å². The lowest BCUT2D eigenvalue weighted by molar-refractivity contribution is 0.0709. The van der Waals surface area contributed by atoms with Crippen molar-refractivity contribution in [2.45, 2.75) is 13.0 Å². The van der Waals surface area contributed by atoms with E-state index in [9.17, 15) is 13.6 Å². The van der Waals surface area contributed by atoms with E-state index in [0.29, 0.717) is 13.1 Å². The van der Waals surface area contributed by atoms with Crippen molar-refractivity contribution in [1.29, 1.82) is 0 Å². The number of likely N-dealkylation sites (N-methyl/N-ethyl adjacent to an activating group) is 2. The SMILES string of the molecule is CCN1CC(CN(C)C(=O)c2ccc(F)c(F)c2)Oc2ccccc21. The highest BCUT2D eigenvalue weighted by Crippen LogP contribution is 2.32. The lowest BCUT2D eigenvalue weighted by atomic mass is 10.1. The van der Waals surface area contributed by atoms with E-state index in [1.807, 2.05) is 24.3 Å². The third-order valence-corrected chi connectivity index (χ3v) is 4.30. The van der Waals surface area contributed by atoms with Crippen LogP contribution in [0.4, 0.5) is 14.5 Å². The van der Waals surface area contributed by atoms with Crippen LogP contribution in [0.3, 0.4) is 0 Å². The Bertz CT molecular complexity index is 782. The fraction of sp³-hybridized carbons (Fsp3) is 0.316. The van der Waals surface area contributed by atoms with Gasteiger partial charge in [-0.15, -0.1) is 0 Å². The fourth-order valence-corrected chi connectivity index (χ4v) is 3.01. The summed E-state index contributed by atoms with van der Waals surface area (Å²) in [6, 6.07) is 10.9. The number of hydrogen-bond acceptors (Lipinski definition) is 3. The van der Waals surface area contributed by atoms with E-state index in [2.05, 4.69) is 11.8 Å². The largest absolute Gasteiger partial charge is 0.485 e. The van der Waals surface area contributed by atoms with Gasteiger partial charge in [0.25, 0.3) is 5.91 Å². The molecule has 25 heavy (non-hydrogen) atoms. The smallest absolute Gasteiger partial charge is 0.253 e. The van der Waals surface area contributed by atoms with Gasteiger partial charge in [-0.1, -0.05) is 12.1 Å². The predicted molar refractivity (Wildman–Crippen MR) is 92.1 cm³/mol. The molecular formula is C19H20F2N2O2. The highest BCUT2D eigenvalue weighted by molar-refractivity contribution is 5.94. The molecule has 1 aliphatic heterocycles. The quantitative estimate of drug-likeness (QED) is 0.851. The highest BCUT2D eigenvalue weighted by atomic mass is 19.2. The summed E-state index contributed by atoms with van der Waals surface area (Å²) >= 11 is 0. The standard InChI is InChI=1S/C19H20F2N2O2/c1-3-23-12-14(25-18-7-5-4-6-17(18)23)11-22(2)19(24)13-8-9-15(20)16(21)10-13/h4-10,14H,3,11-12H2,1-2H3. The van der Waals surface area contributed by atoms with Crippen molar-refractivity contribution in [2.75, 3.05) is 31.6 Å². The molecule has 0 saturated carbocycles. The van der Waals surface area contributed by atoms with Crippen LogP contribution in [0.5, 0.6) is 5.75 Å². The molecule has 1 heterocycles. The van der Waals surface area contributed by atoms with Crippen LogP contribution in [0.15, 0.2) is 42.5 Å². The van der Waals surface area contributed by atoms with E-state index in [1.165, 1.54) is 11.0 Å². The summed E-state index contributed by atoms with van der Waals surface area (Å²) in [6.45, 7) is 3.90. The number of fused-ring (bicyclic) bond motifs is 1. The number of rotatable bonds is 4. The first-order chi connectivity index (χ1) is 12.0. The number of carbonyl (C=O) groups excluding carboxylic acids is 1. The van der Waals surface area contributed by atoms with Gasteiger partial charge in [-0.25, -0.2) is 8.78 Å². The van der Waals surface area contributed by atoms with Crippen molar-refractivity contribution in [1.82, 2.24) is 4.90 Å². The second-order valence-corrected chi connectivity index (χ2v) is 6.06. The third kappa shape index (κ3) is 3.57. The van der Waals surface area contributed by atoms with Gasteiger partial charge in [0.1, 0.15) is 11.9 Å². The van der Waals surface area contributed by atoms with E-state index in [4.69, 9.17) is 4.74 Å². The summed E-state index contributed by atoms with van der Waals surface area (Å²) in [4.78, 5) is 16.1. The number of hydrogen-bond donors (Lipinski definition) is 0. The maximum atomic E-state index is 13.3. The van der Waals surface area contributed by atoms with Crippen molar-refractivity contribution >= 4 is 11.6 Å². The minimum atomic E-state index is -1.03. The Hall–Kier alpha value is -2.63. The Morgan fingerprint density at radius 2 is 2.00 bits per heavy atom. The molecule has 0 bridgehead atoms. The van der Waals surface area contributed by atoms with Crippen LogP contribution < -0.4 is 9.64 Å². The van der Waals surface area contributed by atoms with Crippen molar-refractivity contribution in [2.24, 2.45) is 0 Å². The van der Waals surface area contributed by atoms with Gasteiger partial charge in [-0.2, -0.15) is 0 Å². The van der Waals surface area contributed by atoms with Crippen LogP contribution >= 0.6 is 0 Å². The van der Waals surface area contributed by atoms with Gasteiger partial charge in [0, 0.05) is 19.2 Å². The molecule has 132 valence electrons. The summed E-state index contributed by atoms with van der Waals surface area (Å²) in [5.41, 5.74) is 1.15. The van der Waals surface area contributed by atoms with Crippen LogP contribution in [-0.2, 0) is 0 Å². The number of benzene rings is 2. The van der Waals surface area contributed by atoms with Crippen LogP contribution in [0, 0.1) is 11.6 Å². The van der Waals surface area contributed by atoms with Gasteiger partial charge in [0.15, 0.2) is 11.6 Å². The monoisotopic (exact) mass is 346 g/mol. The average molecular weight is 346 g/mol. The molecular weight excluding hydrogens is 326 g/mol. The third-order valence-electron chi connectivity index (χ3n) is 4.30.